The molecule has 4 atom stereocenters. The van der Waals surface area contributed by atoms with Crippen LogP contribution < -0.4 is 0 Å². The smallest absolute Gasteiger partial charge is 0.179 e. The van der Waals surface area contributed by atoms with Gasteiger partial charge in [0.15, 0.2) is 6.23 Å². The first-order valence-electron chi connectivity index (χ1n) is 6.02. The number of aliphatic hydroxyl groups excluding tert-OH is 3. The second kappa shape index (κ2) is 5.26. The summed E-state index contributed by atoms with van der Waals surface area (Å²) in [5, 5.41) is 33.9. The molecule has 1 saturated heterocycles. The van der Waals surface area contributed by atoms with Crippen molar-refractivity contribution in [3.63, 3.8) is 0 Å². The summed E-state index contributed by atoms with van der Waals surface area (Å²) in [6, 6.07) is 0. The maximum atomic E-state index is 10.1. The molecule has 2 aromatic rings. The van der Waals surface area contributed by atoms with Gasteiger partial charge in [0.25, 0.3) is 0 Å². The molecule has 0 saturated carbocycles. The third-order valence-corrected chi connectivity index (χ3v) is 3.99. The van der Waals surface area contributed by atoms with E-state index < -0.39 is 24.5 Å². The Morgan fingerprint density at radius 2 is 2.15 bits per heavy atom. The summed E-state index contributed by atoms with van der Waals surface area (Å²) in [5.74, 6) is 0. The number of nitrogens with zero attached hydrogens (tertiary/aromatic N) is 4. The van der Waals surface area contributed by atoms with Gasteiger partial charge < -0.3 is 20.1 Å². The lowest BCUT2D eigenvalue weighted by Gasteiger charge is -2.16. The van der Waals surface area contributed by atoms with Crippen LogP contribution in [0.2, 0.25) is 0 Å². The summed E-state index contributed by atoms with van der Waals surface area (Å²) in [4.78, 5) is 8.26. The average Bonchev–Trinajstić information content (AvgIpc) is 3.01. The Kier molecular flexibility index (Phi) is 3.61. The minimum Gasteiger partial charge on any atom is -0.394 e. The first kappa shape index (κ1) is 13.7. The molecule has 1 fully saturated rings. The van der Waals surface area contributed by atoms with Crippen molar-refractivity contribution in [3.8, 4) is 0 Å². The number of hydrogen-bond donors (Lipinski definition) is 3. The molecule has 108 valence electrons. The van der Waals surface area contributed by atoms with Crippen molar-refractivity contribution in [3.05, 3.63) is 12.5 Å². The fraction of sp³-hybridized carbons (Fsp3) is 0.545. The average molecular weight is 298 g/mol. The molecule has 3 N–H and O–H groups in total. The van der Waals surface area contributed by atoms with Gasteiger partial charge in [0.1, 0.15) is 40.7 Å². The molecule has 0 bridgehead atoms. The molecule has 3 heterocycles. The van der Waals surface area contributed by atoms with Gasteiger partial charge in [0, 0.05) is 0 Å². The number of aliphatic hydroxyl groups is 3. The van der Waals surface area contributed by atoms with Gasteiger partial charge in [-0.2, -0.15) is 5.10 Å². The predicted molar refractivity (Wildman–Crippen MR) is 70.1 cm³/mol. The highest BCUT2D eigenvalue weighted by Crippen LogP contribution is 2.33. The molecule has 0 aromatic carbocycles. The van der Waals surface area contributed by atoms with Crippen LogP contribution in [0.25, 0.3) is 11.0 Å². The molecule has 2 aromatic heterocycles. The zero-order chi connectivity index (χ0) is 14.3. The van der Waals surface area contributed by atoms with Crippen LogP contribution in [0.5, 0.6) is 0 Å². The van der Waals surface area contributed by atoms with Gasteiger partial charge in [-0.1, -0.05) is 0 Å². The van der Waals surface area contributed by atoms with Gasteiger partial charge in [0.05, 0.1) is 12.8 Å². The van der Waals surface area contributed by atoms with Gasteiger partial charge in [-0.25, -0.2) is 14.6 Å². The second-order valence-electron chi connectivity index (χ2n) is 4.43. The van der Waals surface area contributed by atoms with Gasteiger partial charge in [-0.05, 0) is 6.26 Å². The highest BCUT2D eigenvalue weighted by Gasteiger charge is 2.44. The fourth-order valence-electron chi connectivity index (χ4n) is 2.28. The first-order chi connectivity index (χ1) is 9.67. The zero-order valence-corrected chi connectivity index (χ0v) is 11.4. The molecule has 9 heteroatoms. The van der Waals surface area contributed by atoms with Crippen molar-refractivity contribution in [1.29, 1.82) is 0 Å². The van der Waals surface area contributed by atoms with Crippen molar-refractivity contribution < 1.29 is 20.1 Å². The summed E-state index contributed by atoms with van der Waals surface area (Å²) in [5.41, 5.74) is 1.26. The van der Waals surface area contributed by atoms with Gasteiger partial charge in [-0.3, -0.25) is 0 Å². The van der Waals surface area contributed by atoms with E-state index in [0.29, 0.717) is 16.1 Å². The predicted octanol–water partition coefficient (Wildman–Crippen LogP) is -0.840. The number of thioether (sulfide) groups is 1. The molecular formula is C11H14N4O4S. The van der Waals surface area contributed by atoms with Crippen LogP contribution in [0, 0.1) is 0 Å². The Balaban J connectivity index is 2.07. The lowest BCUT2D eigenvalue weighted by Crippen LogP contribution is -2.33. The van der Waals surface area contributed by atoms with Gasteiger partial charge in [-0.15, -0.1) is 11.8 Å². The minimum atomic E-state index is -1.18. The number of aromatic nitrogens is 4. The lowest BCUT2D eigenvalue weighted by molar-refractivity contribution is -0.0565. The molecule has 1 aliphatic rings. The molecule has 4 unspecified atom stereocenters. The summed E-state index contributed by atoms with van der Waals surface area (Å²) in [7, 11) is 0. The second-order valence-corrected chi connectivity index (χ2v) is 5.23. The molecule has 1 aliphatic heterocycles. The molecular weight excluding hydrogens is 284 g/mol. The van der Waals surface area contributed by atoms with Crippen LogP contribution in [0.3, 0.4) is 0 Å². The highest BCUT2D eigenvalue weighted by atomic mass is 32.2. The van der Waals surface area contributed by atoms with Crippen LogP contribution in [0.15, 0.2) is 17.6 Å². The third-order valence-electron chi connectivity index (χ3n) is 3.30. The van der Waals surface area contributed by atoms with Gasteiger partial charge in [0.2, 0.25) is 0 Å². The molecule has 0 aliphatic carbocycles. The zero-order valence-electron chi connectivity index (χ0n) is 10.6. The van der Waals surface area contributed by atoms with E-state index in [1.807, 2.05) is 6.26 Å². The van der Waals surface area contributed by atoms with E-state index in [9.17, 15) is 10.2 Å². The molecule has 3 rings (SSSR count). The fourth-order valence-corrected chi connectivity index (χ4v) is 2.83. The number of ether oxygens (including phenoxy) is 1. The Labute approximate surface area is 118 Å². The molecule has 0 radical (unpaired) electrons. The highest BCUT2D eigenvalue weighted by molar-refractivity contribution is 7.98. The van der Waals surface area contributed by atoms with E-state index >= 15 is 0 Å². The lowest BCUT2D eigenvalue weighted by atomic mass is 10.1. The number of fused-ring (bicyclic) bond motifs is 1. The summed E-state index contributed by atoms with van der Waals surface area (Å²) < 4.78 is 6.92. The van der Waals surface area contributed by atoms with Crippen LogP contribution >= 0.6 is 11.8 Å². The van der Waals surface area contributed by atoms with Crippen molar-refractivity contribution in [2.45, 2.75) is 29.6 Å². The van der Waals surface area contributed by atoms with E-state index in [-0.39, 0.29) is 6.61 Å². The Hall–Kier alpha value is -1.26. The van der Waals surface area contributed by atoms with Crippen molar-refractivity contribution in [1.82, 2.24) is 19.7 Å². The molecule has 20 heavy (non-hydrogen) atoms. The summed E-state index contributed by atoms with van der Waals surface area (Å²) in [6.07, 6.45) is 0.810. The first-order valence-corrected chi connectivity index (χ1v) is 7.24. The largest absolute Gasteiger partial charge is 0.394 e. The quantitative estimate of drug-likeness (QED) is 0.496. The third kappa shape index (κ3) is 1.98. The SMILES string of the molecule is CSc1ncnc2cnn(C3OC(CO)C(O)C3O)c12. The summed E-state index contributed by atoms with van der Waals surface area (Å²) >= 11 is 1.42. The molecule has 8 nitrogen and oxygen atoms in total. The maximum absolute atomic E-state index is 10.1. The van der Waals surface area contributed by atoms with Crippen molar-refractivity contribution in [2.75, 3.05) is 12.9 Å². The van der Waals surface area contributed by atoms with E-state index in [0.717, 1.165) is 0 Å². The van der Waals surface area contributed by atoms with Gasteiger partial charge >= 0.3 is 0 Å². The van der Waals surface area contributed by atoms with E-state index in [2.05, 4.69) is 15.1 Å². The Bertz CT molecular complexity index is 621. The Morgan fingerprint density at radius 1 is 1.35 bits per heavy atom. The standard InChI is InChI=1S/C11H14N4O4S/c1-20-10-7-5(12-4-13-10)2-14-15(7)11-9(18)8(17)6(3-16)19-11/h2,4,6,8-9,11,16-18H,3H2,1H3. The maximum Gasteiger partial charge on any atom is 0.179 e. The van der Waals surface area contributed by atoms with Crippen LogP contribution in [-0.4, -0.2) is 66.2 Å². The van der Waals surface area contributed by atoms with Crippen LogP contribution in [0.1, 0.15) is 6.23 Å². The minimum absolute atomic E-state index is 0.375. The van der Waals surface area contributed by atoms with Crippen LogP contribution in [-0.2, 0) is 4.74 Å². The van der Waals surface area contributed by atoms with Crippen molar-refractivity contribution >= 4 is 22.8 Å². The number of hydrogen-bond acceptors (Lipinski definition) is 8. The van der Waals surface area contributed by atoms with E-state index in [4.69, 9.17) is 9.84 Å². The topological polar surface area (TPSA) is 114 Å². The molecule has 0 spiro atoms. The number of rotatable bonds is 3. The molecule has 0 amide bonds. The van der Waals surface area contributed by atoms with Crippen molar-refractivity contribution in [2.24, 2.45) is 0 Å². The monoisotopic (exact) mass is 298 g/mol. The Morgan fingerprint density at radius 3 is 2.80 bits per heavy atom. The van der Waals surface area contributed by atoms with E-state index in [1.165, 1.54) is 22.8 Å². The van der Waals surface area contributed by atoms with E-state index in [1.54, 1.807) is 6.20 Å². The normalized spacial score (nSPS) is 30.2. The summed E-state index contributed by atoms with van der Waals surface area (Å²) in [6.45, 7) is -0.375. The van der Waals surface area contributed by atoms with Crippen LogP contribution in [0.4, 0.5) is 0 Å².